The molecule has 0 aliphatic carbocycles. The molecule has 0 unspecified atom stereocenters. The minimum atomic E-state index is 0.559. The molecule has 6 heteroatoms. The van der Waals surface area contributed by atoms with Crippen LogP contribution in [0.1, 0.15) is 17.5 Å². The first-order valence-electron chi connectivity index (χ1n) is 6.79. The number of aromatic nitrogens is 3. The summed E-state index contributed by atoms with van der Waals surface area (Å²) >= 11 is 1.67. The van der Waals surface area contributed by atoms with Gasteiger partial charge in [-0.3, -0.25) is 4.98 Å². The van der Waals surface area contributed by atoms with E-state index in [1.54, 1.807) is 24.6 Å². The van der Waals surface area contributed by atoms with Crippen LogP contribution in [0.4, 0.5) is 5.95 Å². The second-order valence-corrected chi connectivity index (χ2v) is 5.69. The van der Waals surface area contributed by atoms with Crippen molar-refractivity contribution in [3.8, 4) is 11.6 Å². The van der Waals surface area contributed by atoms with E-state index in [2.05, 4.69) is 33.3 Å². The number of hydrogen-bond acceptors (Lipinski definition) is 6. The Kier molecular flexibility index (Phi) is 3.70. The zero-order valence-electron chi connectivity index (χ0n) is 12.2. The first-order valence-corrected chi connectivity index (χ1v) is 7.60. The summed E-state index contributed by atoms with van der Waals surface area (Å²) in [6.45, 7) is 4.04. The number of thiophene rings is 1. The maximum Gasteiger partial charge on any atom is 0.232 e. The lowest BCUT2D eigenvalue weighted by atomic mass is 10.3. The average Bonchev–Trinajstić information content (AvgIpc) is 2.92. The number of rotatable bonds is 4. The van der Waals surface area contributed by atoms with Crippen LogP contribution in [0.15, 0.2) is 24.4 Å². The summed E-state index contributed by atoms with van der Waals surface area (Å²) in [4.78, 5) is 15.4. The number of nitrogens with one attached hydrogen (secondary N) is 1. The van der Waals surface area contributed by atoms with Crippen molar-refractivity contribution in [2.75, 3.05) is 12.4 Å². The van der Waals surface area contributed by atoms with Crippen molar-refractivity contribution in [2.45, 2.75) is 20.3 Å². The molecule has 1 N–H and O–H groups in total. The highest BCUT2D eigenvalue weighted by atomic mass is 32.1. The third kappa shape index (κ3) is 2.67. The smallest absolute Gasteiger partial charge is 0.232 e. The van der Waals surface area contributed by atoms with Gasteiger partial charge in [0.2, 0.25) is 11.8 Å². The Morgan fingerprint density at radius 3 is 2.90 bits per heavy atom. The van der Waals surface area contributed by atoms with E-state index < -0.39 is 0 Å². The van der Waals surface area contributed by atoms with Crippen molar-refractivity contribution in [2.24, 2.45) is 0 Å². The zero-order valence-corrected chi connectivity index (χ0v) is 13.0. The van der Waals surface area contributed by atoms with Gasteiger partial charge < -0.3 is 10.1 Å². The predicted molar refractivity (Wildman–Crippen MR) is 85.4 cm³/mol. The molecule has 0 aromatic carbocycles. The Hall–Kier alpha value is -2.21. The number of anilines is 1. The van der Waals surface area contributed by atoms with Crippen molar-refractivity contribution in [3.63, 3.8) is 0 Å². The van der Waals surface area contributed by atoms with Crippen molar-refractivity contribution in [1.29, 1.82) is 0 Å². The molecule has 3 heterocycles. The molecule has 0 amide bonds. The molecule has 21 heavy (non-hydrogen) atoms. The third-order valence-electron chi connectivity index (χ3n) is 3.15. The van der Waals surface area contributed by atoms with E-state index in [1.807, 2.05) is 19.1 Å². The molecule has 108 valence electrons. The highest BCUT2D eigenvalue weighted by Crippen LogP contribution is 2.34. The molecule has 0 bridgehead atoms. The number of pyridine rings is 1. The molecule has 0 spiro atoms. The van der Waals surface area contributed by atoms with E-state index in [4.69, 9.17) is 4.74 Å². The quantitative estimate of drug-likeness (QED) is 0.794. The van der Waals surface area contributed by atoms with Gasteiger partial charge in [-0.1, -0.05) is 6.92 Å². The Morgan fingerprint density at radius 1 is 1.33 bits per heavy atom. The van der Waals surface area contributed by atoms with Crippen LogP contribution < -0.4 is 10.1 Å². The van der Waals surface area contributed by atoms with Gasteiger partial charge >= 0.3 is 0 Å². The topological polar surface area (TPSA) is 59.9 Å². The van der Waals surface area contributed by atoms with Crippen molar-refractivity contribution in [3.05, 3.63) is 35.0 Å². The Morgan fingerprint density at radius 2 is 2.19 bits per heavy atom. The monoisotopic (exact) mass is 300 g/mol. The summed E-state index contributed by atoms with van der Waals surface area (Å²) in [5, 5.41) is 3.92. The number of aryl methyl sites for hydroxylation is 2. The van der Waals surface area contributed by atoms with Crippen molar-refractivity contribution < 1.29 is 4.74 Å². The average molecular weight is 300 g/mol. The van der Waals surface area contributed by atoms with E-state index in [0.29, 0.717) is 17.6 Å². The van der Waals surface area contributed by atoms with Gasteiger partial charge in [-0.2, -0.15) is 4.98 Å². The summed E-state index contributed by atoms with van der Waals surface area (Å²) in [6.07, 6.45) is 2.72. The van der Waals surface area contributed by atoms with Crippen LogP contribution in [0, 0.1) is 6.92 Å². The Labute approximate surface area is 127 Å². The van der Waals surface area contributed by atoms with E-state index in [-0.39, 0.29) is 0 Å². The van der Waals surface area contributed by atoms with Crippen molar-refractivity contribution >= 4 is 27.5 Å². The normalized spacial score (nSPS) is 10.8. The van der Waals surface area contributed by atoms with E-state index in [0.717, 1.165) is 22.3 Å². The molecular weight excluding hydrogens is 284 g/mol. The minimum absolute atomic E-state index is 0.559. The molecule has 3 aromatic heterocycles. The Bertz CT molecular complexity index is 784. The van der Waals surface area contributed by atoms with Crippen LogP contribution in [0.25, 0.3) is 10.2 Å². The second kappa shape index (κ2) is 5.65. The molecule has 0 saturated heterocycles. The molecule has 3 aromatic rings. The van der Waals surface area contributed by atoms with E-state index >= 15 is 0 Å². The number of fused-ring (bicyclic) bond motifs is 1. The van der Waals surface area contributed by atoms with Crippen LogP contribution in [-0.4, -0.2) is 22.0 Å². The second-order valence-electron chi connectivity index (χ2n) is 4.58. The molecule has 5 nitrogen and oxygen atoms in total. The molecule has 0 aliphatic heterocycles. The SMILES string of the molecule is CCc1cc2c(Oc3cccnc3C)nc(NC)nc2s1. The van der Waals surface area contributed by atoms with Gasteiger partial charge in [0.05, 0.1) is 11.1 Å². The lowest BCUT2D eigenvalue weighted by Crippen LogP contribution is -1.99. The summed E-state index contributed by atoms with van der Waals surface area (Å²) in [5.41, 5.74) is 0.834. The van der Waals surface area contributed by atoms with Gasteiger partial charge in [0.25, 0.3) is 0 Å². The predicted octanol–water partition coefficient (Wildman–Crippen LogP) is 3.79. The highest BCUT2D eigenvalue weighted by Gasteiger charge is 2.13. The van der Waals surface area contributed by atoms with Gasteiger partial charge in [0.1, 0.15) is 4.83 Å². The fourth-order valence-corrected chi connectivity index (χ4v) is 2.95. The molecule has 0 aliphatic rings. The number of nitrogens with zero attached hydrogens (tertiary/aromatic N) is 3. The molecular formula is C15H16N4OS. The molecule has 3 rings (SSSR count). The number of hydrogen-bond donors (Lipinski definition) is 1. The van der Waals surface area contributed by atoms with Gasteiger partial charge in [-0.05, 0) is 31.5 Å². The van der Waals surface area contributed by atoms with Crippen molar-refractivity contribution in [1.82, 2.24) is 15.0 Å². The van der Waals surface area contributed by atoms with E-state index in [9.17, 15) is 0 Å². The fraction of sp³-hybridized carbons (Fsp3) is 0.267. The fourth-order valence-electron chi connectivity index (χ4n) is 1.99. The largest absolute Gasteiger partial charge is 0.436 e. The number of ether oxygens (including phenoxy) is 1. The van der Waals surface area contributed by atoms with Crippen LogP contribution in [0.2, 0.25) is 0 Å². The molecule has 0 atom stereocenters. The van der Waals surface area contributed by atoms with Gasteiger partial charge in [0, 0.05) is 18.1 Å². The van der Waals surface area contributed by atoms with Gasteiger partial charge in [-0.15, -0.1) is 11.3 Å². The lowest BCUT2D eigenvalue weighted by molar-refractivity contribution is 0.462. The van der Waals surface area contributed by atoms with E-state index in [1.165, 1.54) is 4.88 Å². The first kappa shape index (κ1) is 13.8. The van der Waals surface area contributed by atoms with Crippen LogP contribution in [0.3, 0.4) is 0 Å². The summed E-state index contributed by atoms with van der Waals surface area (Å²) in [6, 6.07) is 5.84. The van der Waals surface area contributed by atoms with Crippen LogP contribution in [0.5, 0.6) is 11.6 Å². The molecule has 0 saturated carbocycles. The zero-order chi connectivity index (χ0) is 14.8. The third-order valence-corrected chi connectivity index (χ3v) is 4.32. The molecule has 0 fully saturated rings. The summed E-state index contributed by atoms with van der Waals surface area (Å²) in [7, 11) is 1.80. The summed E-state index contributed by atoms with van der Waals surface area (Å²) in [5.74, 6) is 1.84. The molecule has 0 radical (unpaired) electrons. The minimum Gasteiger partial charge on any atom is -0.436 e. The standard InChI is InChI=1S/C15H16N4OS/c1-4-10-8-11-13(18-15(16-3)19-14(11)21-10)20-12-6-5-7-17-9(12)2/h5-8H,4H2,1-3H3,(H,16,18,19). The Balaban J connectivity index is 2.11. The maximum absolute atomic E-state index is 5.98. The maximum atomic E-state index is 5.98. The van der Waals surface area contributed by atoms with Gasteiger partial charge in [-0.25, -0.2) is 4.98 Å². The van der Waals surface area contributed by atoms with Gasteiger partial charge in [0.15, 0.2) is 5.75 Å². The highest BCUT2D eigenvalue weighted by molar-refractivity contribution is 7.18. The van der Waals surface area contributed by atoms with Crippen LogP contribution in [-0.2, 0) is 6.42 Å². The van der Waals surface area contributed by atoms with Crippen LogP contribution >= 0.6 is 11.3 Å². The lowest BCUT2D eigenvalue weighted by Gasteiger charge is -2.08. The summed E-state index contributed by atoms with van der Waals surface area (Å²) < 4.78 is 5.98. The first-order chi connectivity index (χ1) is 10.2.